The number of hydrogen-bond donors (Lipinski definition) is 1. The summed E-state index contributed by atoms with van der Waals surface area (Å²) in [7, 11) is 0. The van der Waals surface area contributed by atoms with Crippen molar-refractivity contribution in [1.29, 1.82) is 0 Å². The lowest BCUT2D eigenvalue weighted by Crippen LogP contribution is -2.41. The summed E-state index contributed by atoms with van der Waals surface area (Å²) in [5, 5.41) is 4.21. The molecule has 1 fully saturated rings. The first-order chi connectivity index (χ1) is 11.2. The summed E-state index contributed by atoms with van der Waals surface area (Å²) in [5.41, 5.74) is 3.35. The second kappa shape index (κ2) is 7.55. The molecule has 0 spiro atoms. The molecule has 0 bridgehead atoms. The number of rotatable bonds is 4. The smallest absolute Gasteiger partial charge is 0.174 e. The quantitative estimate of drug-likeness (QED) is 0.836. The molecule has 1 aromatic heterocycles. The molecule has 1 saturated carbocycles. The second-order valence-corrected chi connectivity index (χ2v) is 6.57. The summed E-state index contributed by atoms with van der Waals surface area (Å²) in [5.74, 6) is 0. The fourth-order valence-electron chi connectivity index (χ4n) is 3.17. The summed E-state index contributed by atoms with van der Waals surface area (Å²) in [6.45, 7) is 2.86. The van der Waals surface area contributed by atoms with Gasteiger partial charge in [0, 0.05) is 17.9 Å². The molecule has 23 heavy (non-hydrogen) atoms. The summed E-state index contributed by atoms with van der Waals surface area (Å²) in [4.78, 5) is 6.78. The number of aromatic nitrogens is 1. The third-order valence-electron chi connectivity index (χ3n) is 4.35. The monoisotopic (exact) mass is 325 g/mol. The SMILES string of the molecule is Cc1cccc(NC(=S)N(Cc2ccccn2)C2CCCC2)c1. The Morgan fingerprint density at radius 1 is 1.22 bits per heavy atom. The van der Waals surface area contributed by atoms with Gasteiger partial charge in [-0.05, 0) is 61.8 Å². The number of pyridine rings is 1. The molecule has 4 heteroatoms. The molecular weight excluding hydrogens is 302 g/mol. The van der Waals surface area contributed by atoms with Crippen molar-refractivity contribution in [2.24, 2.45) is 0 Å². The highest BCUT2D eigenvalue weighted by atomic mass is 32.1. The number of benzene rings is 1. The van der Waals surface area contributed by atoms with E-state index < -0.39 is 0 Å². The van der Waals surface area contributed by atoms with Crippen LogP contribution in [0.1, 0.15) is 36.9 Å². The van der Waals surface area contributed by atoms with Gasteiger partial charge in [-0.3, -0.25) is 4.98 Å². The minimum absolute atomic E-state index is 0.516. The van der Waals surface area contributed by atoms with Crippen molar-refractivity contribution in [3.63, 3.8) is 0 Å². The minimum Gasteiger partial charge on any atom is -0.340 e. The van der Waals surface area contributed by atoms with E-state index in [1.807, 2.05) is 18.3 Å². The Hall–Kier alpha value is -1.94. The average Bonchev–Trinajstić information content (AvgIpc) is 3.07. The molecule has 2 aromatic rings. The van der Waals surface area contributed by atoms with Crippen LogP contribution in [0.15, 0.2) is 48.7 Å². The van der Waals surface area contributed by atoms with Crippen molar-refractivity contribution < 1.29 is 0 Å². The molecule has 120 valence electrons. The van der Waals surface area contributed by atoms with Gasteiger partial charge in [-0.25, -0.2) is 0 Å². The molecule has 0 aliphatic heterocycles. The number of aryl methyl sites for hydroxylation is 1. The minimum atomic E-state index is 0.516. The second-order valence-electron chi connectivity index (χ2n) is 6.19. The van der Waals surface area contributed by atoms with Crippen LogP contribution in [0.5, 0.6) is 0 Å². The van der Waals surface area contributed by atoms with Crippen LogP contribution in [0.3, 0.4) is 0 Å². The van der Waals surface area contributed by atoms with Crippen molar-refractivity contribution in [1.82, 2.24) is 9.88 Å². The van der Waals surface area contributed by atoms with Crippen LogP contribution in [0.25, 0.3) is 0 Å². The molecular formula is C19H23N3S. The van der Waals surface area contributed by atoms with Crippen LogP contribution in [0.2, 0.25) is 0 Å². The Labute approximate surface area is 143 Å². The predicted octanol–water partition coefficient (Wildman–Crippen LogP) is 4.53. The molecule has 1 aromatic carbocycles. The standard InChI is InChI=1S/C19H23N3S/c1-15-7-6-9-16(13-15)21-19(23)22(18-10-2-3-11-18)14-17-8-4-5-12-20-17/h4-9,12-13,18H,2-3,10-11,14H2,1H3,(H,21,23). The van der Waals surface area contributed by atoms with Crippen molar-refractivity contribution in [2.45, 2.75) is 45.2 Å². The summed E-state index contributed by atoms with van der Waals surface area (Å²) >= 11 is 5.72. The molecule has 0 unspecified atom stereocenters. The van der Waals surface area contributed by atoms with Crippen molar-refractivity contribution in [3.8, 4) is 0 Å². The molecule has 3 nitrogen and oxygen atoms in total. The topological polar surface area (TPSA) is 28.2 Å². The first-order valence-corrected chi connectivity index (χ1v) is 8.67. The Morgan fingerprint density at radius 2 is 2.04 bits per heavy atom. The first-order valence-electron chi connectivity index (χ1n) is 8.26. The number of hydrogen-bond acceptors (Lipinski definition) is 2. The maximum Gasteiger partial charge on any atom is 0.174 e. The van der Waals surface area contributed by atoms with Gasteiger partial charge >= 0.3 is 0 Å². The lowest BCUT2D eigenvalue weighted by Gasteiger charge is -2.31. The van der Waals surface area contributed by atoms with E-state index >= 15 is 0 Å². The van der Waals surface area contributed by atoms with Crippen LogP contribution < -0.4 is 5.32 Å². The van der Waals surface area contributed by atoms with Gasteiger partial charge < -0.3 is 10.2 Å². The third-order valence-corrected chi connectivity index (χ3v) is 4.69. The van der Waals surface area contributed by atoms with E-state index in [1.54, 1.807) is 0 Å². The Bertz CT molecular complexity index is 651. The third kappa shape index (κ3) is 4.29. The van der Waals surface area contributed by atoms with E-state index in [-0.39, 0.29) is 0 Å². The van der Waals surface area contributed by atoms with Crippen LogP contribution in [-0.4, -0.2) is 21.0 Å². The summed E-state index contributed by atoms with van der Waals surface area (Å²) < 4.78 is 0. The Morgan fingerprint density at radius 3 is 2.74 bits per heavy atom. The van der Waals surface area contributed by atoms with Crippen LogP contribution in [-0.2, 0) is 6.54 Å². The van der Waals surface area contributed by atoms with Gasteiger partial charge in [0.15, 0.2) is 5.11 Å². The largest absolute Gasteiger partial charge is 0.340 e. The highest BCUT2D eigenvalue weighted by Crippen LogP contribution is 2.25. The summed E-state index contributed by atoms with van der Waals surface area (Å²) in [6, 6.07) is 14.9. The van der Waals surface area contributed by atoms with Gasteiger partial charge in [0.25, 0.3) is 0 Å². The van der Waals surface area contributed by atoms with Gasteiger partial charge in [-0.2, -0.15) is 0 Å². The molecule has 1 aliphatic rings. The fourth-order valence-corrected chi connectivity index (χ4v) is 3.50. The first kappa shape index (κ1) is 15.9. The molecule has 0 atom stereocenters. The van der Waals surface area contributed by atoms with E-state index in [0.717, 1.165) is 23.0 Å². The highest BCUT2D eigenvalue weighted by Gasteiger charge is 2.25. The van der Waals surface area contributed by atoms with Crippen molar-refractivity contribution in [2.75, 3.05) is 5.32 Å². The highest BCUT2D eigenvalue weighted by molar-refractivity contribution is 7.80. The molecule has 0 saturated heterocycles. The Balaban J connectivity index is 1.75. The molecule has 3 rings (SSSR count). The van der Waals surface area contributed by atoms with Gasteiger partial charge in [0.05, 0.1) is 12.2 Å². The predicted molar refractivity (Wildman–Crippen MR) is 99.4 cm³/mol. The van der Waals surface area contributed by atoms with Gasteiger partial charge in [-0.15, -0.1) is 0 Å². The van der Waals surface area contributed by atoms with Gasteiger partial charge in [-0.1, -0.05) is 31.0 Å². The maximum absolute atomic E-state index is 5.72. The van der Waals surface area contributed by atoms with Gasteiger partial charge in [0.1, 0.15) is 0 Å². The lowest BCUT2D eigenvalue weighted by molar-refractivity contribution is 0.309. The van der Waals surface area contributed by atoms with Crippen LogP contribution >= 0.6 is 12.2 Å². The van der Waals surface area contributed by atoms with Crippen molar-refractivity contribution in [3.05, 3.63) is 59.9 Å². The maximum atomic E-state index is 5.72. The van der Waals surface area contributed by atoms with E-state index in [0.29, 0.717) is 6.04 Å². The van der Waals surface area contributed by atoms with E-state index in [4.69, 9.17) is 12.2 Å². The number of thiocarbonyl (C=S) groups is 1. The normalized spacial score (nSPS) is 14.7. The number of anilines is 1. The zero-order valence-electron chi connectivity index (χ0n) is 13.5. The van der Waals surface area contributed by atoms with Gasteiger partial charge in [0.2, 0.25) is 0 Å². The molecule has 1 N–H and O–H groups in total. The van der Waals surface area contributed by atoms with Crippen molar-refractivity contribution >= 4 is 23.0 Å². The lowest BCUT2D eigenvalue weighted by atomic mass is 10.2. The Kier molecular flexibility index (Phi) is 5.23. The zero-order valence-corrected chi connectivity index (χ0v) is 14.4. The molecule has 0 radical (unpaired) electrons. The van der Waals surface area contributed by atoms with Crippen LogP contribution in [0, 0.1) is 6.92 Å². The number of nitrogens with zero attached hydrogens (tertiary/aromatic N) is 2. The van der Waals surface area contributed by atoms with Crippen LogP contribution in [0.4, 0.5) is 5.69 Å². The fraction of sp³-hybridized carbons (Fsp3) is 0.368. The molecule has 1 aliphatic carbocycles. The molecule has 1 heterocycles. The average molecular weight is 325 g/mol. The van der Waals surface area contributed by atoms with E-state index in [2.05, 4.69) is 52.5 Å². The van der Waals surface area contributed by atoms with E-state index in [1.165, 1.54) is 31.2 Å². The number of nitrogens with one attached hydrogen (secondary N) is 1. The summed E-state index contributed by atoms with van der Waals surface area (Å²) in [6.07, 6.45) is 6.84. The van der Waals surface area contributed by atoms with E-state index in [9.17, 15) is 0 Å². The zero-order chi connectivity index (χ0) is 16.1. The molecule has 0 amide bonds.